The lowest BCUT2D eigenvalue weighted by molar-refractivity contribution is -0.263. The van der Waals surface area contributed by atoms with Crippen LogP contribution >= 0.6 is 0 Å². The molecule has 6 N–H and O–H groups in total. The van der Waals surface area contributed by atoms with E-state index in [1.54, 1.807) is 0 Å². The highest BCUT2D eigenvalue weighted by Crippen LogP contribution is 2.69. The average molecular weight is 467 g/mol. The van der Waals surface area contributed by atoms with Crippen LogP contribution in [-0.2, 0) is 0 Å². The quantitative estimate of drug-likeness (QED) is 0.346. The third kappa shape index (κ3) is 3.84. The van der Waals surface area contributed by atoms with E-state index >= 15 is 0 Å². The van der Waals surface area contributed by atoms with Crippen molar-refractivity contribution in [2.75, 3.05) is 6.61 Å². The number of fused-ring (bicyclic) bond motifs is 5. The van der Waals surface area contributed by atoms with Crippen LogP contribution in [0.5, 0.6) is 0 Å². The molecule has 0 bridgehead atoms. The Hall–Kier alpha value is -0.500. The Morgan fingerprint density at radius 3 is 2.30 bits per heavy atom. The molecule has 0 saturated heterocycles. The first-order valence-corrected chi connectivity index (χ1v) is 13.1. The van der Waals surface area contributed by atoms with Gasteiger partial charge in [0.15, 0.2) is 0 Å². The van der Waals surface area contributed by atoms with Crippen molar-refractivity contribution in [2.24, 2.45) is 46.3 Å². The van der Waals surface area contributed by atoms with Gasteiger partial charge in [0.05, 0.1) is 30.0 Å². The molecule has 0 heterocycles. The molecule has 4 aliphatic carbocycles. The summed E-state index contributed by atoms with van der Waals surface area (Å²) in [7, 11) is 0. The lowest BCUT2D eigenvalue weighted by Gasteiger charge is -2.65. The molecule has 0 spiro atoms. The highest BCUT2D eigenvalue weighted by molar-refractivity contribution is 5.22. The first-order valence-electron chi connectivity index (χ1n) is 13.1. The zero-order chi connectivity index (χ0) is 24.3. The number of allylic oxidation sites excluding steroid dienone is 2. The number of rotatable bonds is 5. The molecular weight excluding hydrogens is 420 g/mol. The van der Waals surface area contributed by atoms with Crippen LogP contribution < -0.4 is 0 Å². The first-order chi connectivity index (χ1) is 15.4. The van der Waals surface area contributed by atoms with Crippen LogP contribution in [0.1, 0.15) is 72.6 Å². The average Bonchev–Trinajstić information content (AvgIpc) is 2.95. The third-order valence-corrected chi connectivity index (χ3v) is 10.7. The fraction of sp³-hybridized carbons (Fsp3) is 0.926. The van der Waals surface area contributed by atoms with Crippen LogP contribution in [-0.4, -0.2) is 67.3 Å². The molecule has 4 saturated carbocycles. The second kappa shape index (κ2) is 8.86. The smallest absolute Gasteiger partial charge is 0.0863 e. The van der Waals surface area contributed by atoms with Gasteiger partial charge in [-0.3, -0.25) is 0 Å². The molecule has 0 aromatic heterocycles. The van der Waals surface area contributed by atoms with Gasteiger partial charge in [0.1, 0.15) is 0 Å². The van der Waals surface area contributed by atoms with E-state index in [9.17, 15) is 30.6 Å². The third-order valence-electron chi connectivity index (χ3n) is 10.7. The summed E-state index contributed by atoms with van der Waals surface area (Å²) in [5.74, 6) is -0.628. The molecule has 6 nitrogen and oxygen atoms in total. The molecule has 0 amide bonds. The van der Waals surface area contributed by atoms with E-state index in [4.69, 9.17) is 0 Å². The van der Waals surface area contributed by atoms with Crippen LogP contribution in [0.3, 0.4) is 0 Å². The maximum atomic E-state index is 12.3. The van der Waals surface area contributed by atoms with E-state index in [0.717, 1.165) is 25.7 Å². The highest BCUT2D eigenvalue weighted by Gasteiger charge is 2.72. The molecule has 13 atom stereocenters. The van der Waals surface area contributed by atoms with E-state index in [2.05, 4.69) is 32.9 Å². The Labute approximate surface area is 198 Å². The maximum absolute atomic E-state index is 12.3. The lowest BCUT2D eigenvalue weighted by Crippen LogP contribution is -2.68. The van der Waals surface area contributed by atoms with Crippen molar-refractivity contribution in [2.45, 2.75) is 103 Å². The highest BCUT2D eigenvalue weighted by atomic mass is 16.3. The summed E-state index contributed by atoms with van der Waals surface area (Å²) < 4.78 is 0. The molecule has 4 rings (SSSR count). The molecule has 2 unspecified atom stereocenters. The Bertz CT molecular complexity index is 742. The van der Waals surface area contributed by atoms with Crippen molar-refractivity contribution in [3.05, 3.63) is 12.2 Å². The van der Waals surface area contributed by atoms with Crippen LogP contribution in [0.25, 0.3) is 0 Å². The number of hydrogen-bond donors (Lipinski definition) is 6. The van der Waals surface area contributed by atoms with Crippen molar-refractivity contribution in [1.82, 2.24) is 0 Å². The van der Waals surface area contributed by atoms with Crippen molar-refractivity contribution < 1.29 is 30.6 Å². The maximum Gasteiger partial charge on any atom is 0.0863 e. The number of aliphatic hydroxyl groups is 6. The minimum atomic E-state index is -1.25. The first kappa shape index (κ1) is 25.6. The van der Waals surface area contributed by atoms with Crippen LogP contribution in [0.2, 0.25) is 0 Å². The molecule has 0 aliphatic heterocycles. The Morgan fingerprint density at radius 1 is 0.970 bits per heavy atom. The second-order valence-electron chi connectivity index (χ2n) is 12.7. The van der Waals surface area contributed by atoms with Gasteiger partial charge in [0.2, 0.25) is 0 Å². The van der Waals surface area contributed by atoms with Crippen molar-refractivity contribution in [3.8, 4) is 0 Å². The zero-order valence-electron chi connectivity index (χ0n) is 20.8. The standard InChI is InChI=1S/C27H46O6/c1-15(14-28)6-5-7-16(2)21-22(31)23(32)24-26(21,4)11-9-20-25(3)10-8-17(29)12-18(25)19(30)13-27(20,24)33/h5,7,15-24,28-33H,6,8-14H2,1-4H3/b7-5+/t15-,16+,17-,18?,19-,20?,21-,22+,23+,24+,25-,26+,27-/m0/s1. The predicted octanol–water partition coefficient (Wildman–Crippen LogP) is 2.24. The molecular formula is C27H46O6. The summed E-state index contributed by atoms with van der Waals surface area (Å²) in [6, 6.07) is 0. The summed E-state index contributed by atoms with van der Waals surface area (Å²) in [6.07, 6.45) is 5.61. The van der Waals surface area contributed by atoms with Gasteiger partial charge in [-0.2, -0.15) is 0 Å². The van der Waals surface area contributed by atoms with Gasteiger partial charge in [0, 0.05) is 18.9 Å². The van der Waals surface area contributed by atoms with Crippen LogP contribution in [0.4, 0.5) is 0 Å². The van der Waals surface area contributed by atoms with E-state index in [0.29, 0.717) is 12.8 Å². The van der Waals surface area contributed by atoms with Gasteiger partial charge in [-0.05, 0) is 78.9 Å². The molecule has 4 aliphatic rings. The van der Waals surface area contributed by atoms with Crippen molar-refractivity contribution >= 4 is 0 Å². The second-order valence-corrected chi connectivity index (χ2v) is 12.7. The minimum absolute atomic E-state index is 0.0115. The minimum Gasteiger partial charge on any atom is -0.396 e. The lowest BCUT2D eigenvalue weighted by atomic mass is 9.42. The van der Waals surface area contributed by atoms with Crippen LogP contribution in [0.15, 0.2) is 12.2 Å². The van der Waals surface area contributed by atoms with E-state index < -0.39 is 41.3 Å². The van der Waals surface area contributed by atoms with Gasteiger partial charge >= 0.3 is 0 Å². The summed E-state index contributed by atoms with van der Waals surface area (Å²) in [5.41, 5.74) is -1.99. The molecule has 6 heteroatoms. The SMILES string of the molecule is C[C@H](CO)C/C=C/[C@@H](C)[C@H]1[C@@H](O)[C@@H](O)[C@@H]2[C@]1(C)CCC1[C@@]3(C)CC[C@H](O)CC3[C@@H](O)C[C@]12O. The summed E-state index contributed by atoms with van der Waals surface area (Å²) >= 11 is 0. The molecule has 0 aromatic carbocycles. The number of aliphatic hydroxyl groups excluding tert-OH is 5. The van der Waals surface area contributed by atoms with Gasteiger partial charge in [-0.25, -0.2) is 0 Å². The normalized spacial score (nSPS) is 53.9. The Balaban J connectivity index is 1.65. The predicted molar refractivity (Wildman–Crippen MR) is 126 cm³/mol. The summed E-state index contributed by atoms with van der Waals surface area (Å²) in [4.78, 5) is 0. The fourth-order valence-corrected chi connectivity index (χ4v) is 9.16. The van der Waals surface area contributed by atoms with Crippen molar-refractivity contribution in [1.29, 1.82) is 0 Å². The molecule has 190 valence electrons. The van der Waals surface area contributed by atoms with Gasteiger partial charge in [0.25, 0.3) is 0 Å². The van der Waals surface area contributed by atoms with E-state index in [-0.39, 0.29) is 48.0 Å². The molecule has 0 radical (unpaired) electrons. The monoisotopic (exact) mass is 466 g/mol. The fourth-order valence-electron chi connectivity index (χ4n) is 9.16. The van der Waals surface area contributed by atoms with Gasteiger partial charge in [-0.1, -0.05) is 39.8 Å². The largest absolute Gasteiger partial charge is 0.396 e. The van der Waals surface area contributed by atoms with Crippen molar-refractivity contribution in [3.63, 3.8) is 0 Å². The molecule has 33 heavy (non-hydrogen) atoms. The van der Waals surface area contributed by atoms with Crippen LogP contribution in [0, 0.1) is 46.3 Å². The van der Waals surface area contributed by atoms with E-state index in [1.807, 2.05) is 6.92 Å². The Morgan fingerprint density at radius 2 is 1.64 bits per heavy atom. The van der Waals surface area contributed by atoms with E-state index in [1.165, 1.54) is 0 Å². The van der Waals surface area contributed by atoms with Gasteiger partial charge in [-0.15, -0.1) is 0 Å². The molecule has 4 fully saturated rings. The number of hydrogen-bond acceptors (Lipinski definition) is 6. The molecule has 0 aromatic rings. The summed E-state index contributed by atoms with van der Waals surface area (Å²) in [6.45, 7) is 8.47. The topological polar surface area (TPSA) is 121 Å². The Kier molecular flexibility index (Phi) is 6.87. The summed E-state index contributed by atoms with van der Waals surface area (Å²) in [5, 5.41) is 65.6. The zero-order valence-corrected chi connectivity index (χ0v) is 20.8. The van der Waals surface area contributed by atoms with Gasteiger partial charge < -0.3 is 30.6 Å².